The molecule has 30 heavy (non-hydrogen) atoms. The molecular formula is C22H18ClIN2O3S. The van der Waals surface area contributed by atoms with Gasteiger partial charge in [-0.25, -0.2) is 8.42 Å². The van der Waals surface area contributed by atoms with Gasteiger partial charge in [-0.2, -0.15) is 0 Å². The number of halogens is 2. The molecule has 1 atom stereocenters. The van der Waals surface area contributed by atoms with Gasteiger partial charge in [-0.1, -0.05) is 11.6 Å². The molecule has 5 nitrogen and oxygen atoms in total. The lowest BCUT2D eigenvalue weighted by atomic mass is 10.1. The van der Waals surface area contributed by atoms with E-state index in [0.717, 1.165) is 9.13 Å². The highest BCUT2D eigenvalue weighted by Crippen LogP contribution is 2.37. The Balaban J connectivity index is 1.62. The molecule has 1 N–H and O–H groups in total. The van der Waals surface area contributed by atoms with Crippen molar-refractivity contribution < 1.29 is 13.2 Å². The van der Waals surface area contributed by atoms with Crippen molar-refractivity contribution in [2.24, 2.45) is 0 Å². The van der Waals surface area contributed by atoms with Gasteiger partial charge in [0.15, 0.2) is 0 Å². The lowest BCUT2D eigenvalue weighted by Crippen LogP contribution is -2.35. The number of hydrogen-bond acceptors (Lipinski definition) is 3. The van der Waals surface area contributed by atoms with Crippen molar-refractivity contribution in [2.75, 3.05) is 9.62 Å². The number of nitrogens with one attached hydrogen (secondary N) is 1. The van der Waals surface area contributed by atoms with Crippen LogP contribution in [-0.4, -0.2) is 20.4 Å². The molecule has 1 heterocycles. The van der Waals surface area contributed by atoms with Crippen LogP contribution < -0.4 is 9.62 Å². The fraction of sp³-hybridized carbons (Fsp3) is 0.136. The minimum atomic E-state index is -3.73. The number of sulfonamides is 1. The van der Waals surface area contributed by atoms with Gasteiger partial charge in [-0.3, -0.25) is 9.10 Å². The van der Waals surface area contributed by atoms with E-state index in [1.807, 2.05) is 31.2 Å². The maximum Gasteiger partial charge on any atom is 0.264 e. The number of fused-ring (bicyclic) bond motifs is 1. The third-order valence-electron chi connectivity index (χ3n) is 4.97. The standard InChI is InChI=1S/C22H18ClIN2O3S/c1-14-12-16-13-15(22(27)25-19-7-5-18(24)6-8-19)2-11-21(16)26(14)30(28,29)20-9-3-17(23)4-10-20/h2-11,13-14H,12H2,1H3,(H,25,27)/t14-/m0/s1. The second-order valence-electron chi connectivity index (χ2n) is 7.11. The summed E-state index contributed by atoms with van der Waals surface area (Å²) in [6.45, 7) is 1.86. The van der Waals surface area contributed by atoms with Gasteiger partial charge < -0.3 is 5.32 Å². The van der Waals surface area contributed by atoms with Gasteiger partial charge in [0.05, 0.1) is 10.6 Å². The van der Waals surface area contributed by atoms with Crippen LogP contribution in [0.5, 0.6) is 0 Å². The smallest absolute Gasteiger partial charge is 0.264 e. The first-order valence-corrected chi connectivity index (χ1v) is 12.2. The maximum absolute atomic E-state index is 13.2. The minimum Gasteiger partial charge on any atom is -0.322 e. The van der Waals surface area contributed by atoms with Crippen molar-refractivity contribution in [3.8, 4) is 0 Å². The predicted octanol–water partition coefficient (Wildman–Crippen LogP) is 5.34. The van der Waals surface area contributed by atoms with Crippen LogP contribution in [0.2, 0.25) is 5.02 Å². The molecule has 154 valence electrons. The van der Waals surface area contributed by atoms with Crippen molar-refractivity contribution in [1.29, 1.82) is 0 Å². The lowest BCUT2D eigenvalue weighted by Gasteiger charge is -2.24. The highest BCUT2D eigenvalue weighted by Gasteiger charge is 2.36. The van der Waals surface area contributed by atoms with Gasteiger partial charge in [0.2, 0.25) is 0 Å². The average molecular weight is 553 g/mol. The van der Waals surface area contributed by atoms with Crippen LogP contribution in [0.3, 0.4) is 0 Å². The summed E-state index contributed by atoms with van der Waals surface area (Å²) in [5.74, 6) is -0.231. The van der Waals surface area contributed by atoms with E-state index in [0.29, 0.717) is 28.4 Å². The van der Waals surface area contributed by atoms with Crippen molar-refractivity contribution >= 4 is 61.5 Å². The number of nitrogens with zero attached hydrogens (tertiary/aromatic N) is 1. The Morgan fingerprint density at radius 3 is 2.40 bits per heavy atom. The van der Waals surface area contributed by atoms with E-state index in [1.54, 1.807) is 30.3 Å². The summed E-state index contributed by atoms with van der Waals surface area (Å²) in [5, 5.41) is 3.35. The second-order valence-corrected chi connectivity index (χ2v) is 10.6. The van der Waals surface area contributed by atoms with Crippen molar-refractivity contribution in [3.63, 3.8) is 0 Å². The van der Waals surface area contributed by atoms with E-state index < -0.39 is 10.0 Å². The summed E-state index contributed by atoms with van der Waals surface area (Å²) in [5.41, 5.74) is 2.63. The van der Waals surface area contributed by atoms with Crippen LogP contribution in [0, 0.1) is 3.57 Å². The van der Waals surface area contributed by atoms with E-state index in [9.17, 15) is 13.2 Å². The van der Waals surface area contributed by atoms with Gasteiger partial charge in [0.25, 0.3) is 15.9 Å². The van der Waals surface area contributed by atoms with E-state index in [2.05, 4.69) is 27.9 Å². The molecule has 0 bridgehead atoms. The number of rotatable bonds is 4. The zero-order chi connectivity index (χ0) is 21.5. The predicted molar refractivity (Wildman–Crippen MR) is 128 cm³/mol. The van der Waals surface area contributed by atoms with Gasteiger partial charge in [-0.15, -0.1) is 0 Å². The molecule has 1 aliphatic heterocycles. The number of carbonyl (C=O) groups excluding carboxylic acids is 1. The summed E-state index contributed by atoms with van der Waals surface area (Å²) in [6, 6.07) is 18.5. The molecule has 3 aromatic rings. The number of amides is 1. The summed E-state index contributed by atoms with van der Waals surface area (Å²) in [7, 11) is -3.73. The average Bonchev–Trinajstić information content (AvgIpc) is 3.05. The first-order chi connectivity index (χ1) is 14.3. The normalized spacial score (nSPS) is 15.7. The quantitative estimate of drug-likeness (QED) is 0.445. The molecular weight excluding hydrogens is 535 g/mol. The molecule has 1 aliphatic rings. The lowest BCUT2D eigenvalue weighted by molar-refractivity contribution is 0.102. The van der Waals surface area contributed by atoms with Gasteiger partial charge in [0.1, 0.15) is 0 Å². The van der Waals surface area contributed by atoms with Crippen LogP contribution >= 0.6 is 34.2 Å². The zero-order valence-corrected chi connectivity index (χ0v) is 19.7. The fourth-order valence-corrected chi connectivity index (χ4v) is 5.74. The van der Waals surface area contributed by atoms with Gasteiger partial charge in [-0.05, 0) is 108 Å². The van der Waals surface area contributed by atoms with E-state index in [-0.39, 0.29) is 16.8 Å². The largest absolute Gasteiger partial charge is 0.322 e. The van der Waals surface area contributed by atoms with Crippen LogP contribution in [0.15, 0.2) is 71.6 Å². The number of hydrogen-bond donors (Lipinski definition) is 1. The molecule has 0 aromatic heterocycles. The second kappa shape index (κ2) is 8.20. The summed E-state index contributed by atoms with van der Waals surface area (Å²) >= 11 is 8.10. The highest BCUT2D eigenvalue weighted by molar-refractivity contribution is 14.1. The maximum atomic E-state index is 13.2. The van der Waals surface area contributed by atoms with E-state index >= 15 is 0 Å². The molecule has 3 aromatic carbocycles. The Hall–Kier alpha value is -2.10. The number of carbonyl (C=O) groups is 1. The molecule has 0 unspecified atom stereocenters. The molecule has 0 saturated heterocycles. The Morgan fingerprint density at radius 2 is 1.73 bits per heavy atom. The third kappa shape index (κ3) is 4.06. The van der Waals surface area contributed by atoms with Crippen molar-refractivity contribution in [1.82, 2.24) is 0 Å². The Kier molecular flexibility index (Phi) is 5.78. The van der Waals surface area contributed by atoms with Crippen LogP contribution in [-0.2, 0) is 16.4 Å². The monoisotopic (exact) mass is 552 g/mol. The van der Waals surface area contributed by atoms with Crippen LogP contribution in [0.1, 0.15) is 22.8 Å². The Bertz CT molecular complexity index is 1210. The van der Waals surface area contributed by atoms with Crippen LogP contribution in [0.4, 0.5) is 11.4 Å². The van der Waals surface area contributed by atoms with Crippen molar-refractivity contribution in [2.45, 2.75) is 24.3 Å². The molecule has 0 spiro atoms. The molecule has 1 amide bonds. The molecule has 8 heteroatoms. The first kappa shape index (κ1) is 21.1. The summed E-state index contributed by atoms with van der Waals surface area (Å²) < 4.78 is 28.9. The summed E-state index contributed by atoms with van der Waals surface area (Å²) in [6.07, 6.45) is 0.535. The third-order valence-corrected chi connectivity index (χ3v) is 7.88. The highest BCUT2D eigenvalue weighted by atomic mass is 127. The summed E-state index contributed by atoms with van der Waals surface area (Å²) in [4.78, 5) is 12.8. The number of benzene rings is 3. The van der Waals surface area contributed by atoms with E-state index in [1.165, 1.54) is 16.4 Å². The number of anilines is 2. The van der Waals surface area contributed by atoms with Crippen molar-refractivity contribution in [3.05, 3.63) is 86.4 Å². The van der Waals surface area contributed by atoms with Gasteiger partial charge in [0, 0.05) is 25.9 Å². The first-order valence-electron chi connectivity index (χ1n) is 9.25. The molecule has 0 radical (unpaired) electrons. The Labute approximate surface area is 194 Å². The SMILES string of the molecule is C[C@H]1Cc2cc(C(=O)Nc3ccc(I)cc3)ccc2N1S(=O)(=O)c1ccc(Cl)cc1. The molecule has 0 saturated carbocycles. The Morgan fingerprint density at radius 1 is 1.07 bits per heavy atom. The molecule has 0 fully saturated rings. The zero-order valence-electron chi connectivity index (χ0n) is 16.0. The van der Waals surface area contributed by atoms with Crippen LogP contribution in [0.25, 0.3) is 0 Å². The topological polar surface area (TPSA) is 66.5 Å². The molecule has 0 aliphatic carbocycles. The van der Waals surface area contributed by atoms with Gasteiger partial charge >= 0.3 is 0 Å². The van der Waals surface area contributed by atoms with E-state index in [4.69, 9.17) is 11.6 Å². The fourth-order valence-electron chi connectivity index (χ4n) is 3.57. The molecule has 4 rings (SSSR count). The minimum absolute atomic E-state index is 0.187.